The van der Waals surface area contributed by atoms with Gasteiger partial charge in [-0.1, -0.05) is 54.1 Å². The summed E-state index contributed by atoms with van der Waals surface area (Å²) in [7, 11) is 0. The van der Waals surface area contributed by atoms with E-state index in [1.165, 1.54) is 12.1 Å². The number of nitriles is 1. The predicted molar refractivity (Wildman–Crippen MR) is 89.5 cm³/mol. The average molecular weight is 322 g/mol. The second-order valence-corrected chi connectivity index (χ2v) is 5.45. The lowest BCUT2D eigenvalue weighted by Crippen LogP contribution is -2.11. The summed E-state index contributed by atoms with van der Waals surface area (Å²) in [6.45, 7) is 0. The Morgan fingerprint density at radius 2 is 1.87 bits per heavy atom. The second kappa shape index (κ2) is 6.51. The number of carbonyl (C=O) groups excluding carboxylic acids is 1. The molecule has 0 aliphatic carbocycles. The summed E-state index contributed by atoms with van der Waals surface area (Å²) < 4.78 is 5.32. The third kappa shape index (κ3) is 3.33. The van der Waals surface area contributed by atoms with E-state index in [2.05, 4.69) is 0 Å². The van der Waals surface area contributed by atoms with Crippen molar-refractivity contribution < 1.29 is 9.53 Å². The van der Waals surface area contributed by atoms with Gasteiger partial charge in [-0.15, -0.1) is 0 Å². The topological polar surface area (TPSA) is 50.1 Å². The number of nitrogens with zero attached hydrogens (tertiary/aromatic N) is 1. The predicted octanol–water partition coefficient (Wildman–Crippen LogP) is 4.51. The van der Waals surface area contributed by atoms with Crippen LogP contribution in [0.15, 0.2) is 60.7 Å². The van der Waals surface area contributed by atoms with Gasteiger partial charge in [0.1, 0.15) is 5.75 Å². The Bertz CT molecular complexity index is 923. The number of hydrogen-bond acceptors (Lipinski definition) is 3. The van der Waals surface area contributed by atoms with Crippen molar-refractivity contribution in [3.05, 3.63) is 76.8 Å². The fourth-order valence-electron chi connectivity index (χ4n) is 2.41. The van der Waals surface area contributed by atoms with Crippen LogP contribution in [0.5, 0.6) is 5.75 Å². The van der Waals surface area contributed by atoms with Crippen molar-refractivity contribution in [2.75, 3.05) is 0 Å². The molecule has 3 rings (SSSR count). The number of benzene rings is 3. The van der Waals surface area contributed by atoms with Crippen LogP contribution < -0.4 is 4.74 Å². The summed E-state index contributed by atoms with van der Waals surface area (Å²) in [5, 5.41) is 11.2. The Kier molecular flexibility index (Phi) is 4.27. The number of hydrogen-bond donors (Lipinski definition) is 0. The highest BCUT2D eigenvalue weighted by molar-refractivity contribution is 6.32. The summed E-state index contributed by atoms with van der Waals surface area (Å²) in [6.07, 6.45) is 0.150. The Balaban J connectivity index is 1.81. The van der Waals surface area contributed by atoms with Crippen molar-refractivity contribution in [1.82, 2.24) is 0 Å². The maximum atomic E-state index is 12.2. The van der Waals surface area contributed by atoms with Crippen LogP contribution in [0, 0.1) is 11.3 Å². The molecule has 0 heterocycles. The fraction of sp³-hybridized carbons (Fsp3) is 0.0526. The molecule has 0 amide bonds. The van der Waals surface area contributed by atoms with E-state index in [0.29, 0.717) is 5.56 Å². The van der Waals surface area contributed by atoms with Crippen molar-refractivity contribution in [1.29, 1.82) is 5.26 Å². The number of esters is 1. The molecular formula is C19H12ClNO2. The summed E-state index contributed by atoms with van der Waals surface area (Å²) in [5.74, 6) is -0.135. The monoisotopic (exact) mass is 321 g/mol. The third-order valence-corrected chi connectivity index (χ3v) is 3.79. The first-order valence-corrected chi connectivity index (χ1v) is 7.42. The van der Waals surface area contributed by atoms with Gasteiger partial charge >= 0.3 is 5.97 Å². The zero-order valence-corrected chi connectivity index (χ0v) is 12.9. The van der Waals surface area contributed by atoms with Crippen LogP contribution >= 0.6 is 11.6 Å². The largest absolute Gasteiger partial charge is 0.425 e. The van der Waals surface area contributed by atoms with Gasteiger partial charge in [0, 0.05) is 0 Å². The number of rotatable bonds is 3. The molecule has 0 bridgehead atoms. The molecule has 3 aromatic rings. The first-order valence-electron chi connectivity index (χ1n) is 7.04. The van der Waals surface area contributed by atoms with Crippen molar-refractivity contribution >= 4 is 28.3 Å². The summed E-state index contributed by atoms with van der Waals surface area (Å²) in [4.78, 5) is 12.2. The van der Waals surface area contributed by atoms with Crippen LogP contribution in [0.1, 0.15) is 11.1 Å². The Morgan fingerprint density at radius 3 is 2.65 bits per heavy atom. The molecular weight excluding hydrogens is 310 g/mol. The Hall–Kier alpha value is -2.83. The van der Waals surface area contributed by atoms with Crippen LogP contribution in [-0.2, 0) is 11.2 Å². The molecule has 4 heteroatoms. The lowest BCUT2D eigenvalue weighted by atomic mass is 10.0. The minimum atomic E-state index is -0.395. The van der Waals surface area contributed by atoms with Crippen LogP contribution in [0.3, 0.4) is 0 Å². The van der Waals surface area contributed by atoms with E-state index in [0.717, 1.165) is 16.3 Å². The molecule has 3 nitrogen and oxygen atoms in total. The van der Waals surface area contributed by atoms with E-state index in [-0.39, 0.29) is 17.2 Å². The average Bonchev–Trinajstić information content (AvgIpc) is 2.57. The minimum absolute atomic E-state index is 0.150. The van der Waals surface area contributed by atoms with Crippen LogP contribution in [0.25, 0.3) is 10.8 Å². The quantitative estimate of drug-likeness (QED) is 0.526. The molecule has 0 saturated heterocycles. The summed E-state index contributed by atoms with van der Waals surface area (Å²) >= 11 is 6.02. The summed E-state index contributed by atoms with van der Waals surface area (Å²) in [6, 6.07) is 20.3. The van der Waals surface area contributed by atoms with Gasteiger partial charge in [-0.05, 0) is 34.5 Å². The van der Waals surface area contributed by atoms with E-state index < -0.39 is 5.97 Å². The molecule has 0 radical (unpaired) electrons. The van der Waals surface area contributed by atoms with E-state index in [4.69, 9.17) is 21.6 Å². The van der Waals surface area contributed by atoms with Crippen molar-refractivity contribution in [3.63, 3.8) is 0 Å². The van der Waals surface area contributed by atoms with Gasteiger partial charge in [-0.3, -0.25) is 4.79 Å². The lowest BCUT2D eigenvalue weighted by Gasteiger charge is -2.08. The zero-order chi connectivity index (χ0) is 16.2. The van der Waals surface area contributed by atoms with Crippen molar-refractivity contribution in [3.8, 4) is 11.8 Å². The SMILES string of the molecule is N#Cc1ccc(OC(=O)Cc2cccc3ccccc23)c(Cl)c1. The summed E-state index contributed by atoms with van der Waals surface area (Å²) in [5.41, 5.74) is 1.32. The van der Waals surface area contributed by atoms with Crippen LogP contribution in [0.4, 0.5) is 0 Å². The van der Waals surface area contributed by atoms with Crippen molar-refractivity contribution in [2.24, 2.45) is 0 Å². The van der Waals surface area contributed by atoms with E-state index in [1.807, 2.05) is 48.5 Å². The second-order valence-electron chi connectivity index (χ2n) is 5.05. The lowest BCUT2D eigenvalue weighted by molar-refractivity contribution is -0.133. The highest BCUT2D eigenvalue weighted by Gasteiger charge is 2.11. The third-order valence-electron chi connectivity index (χ3n) is 3.50. The zero-order valence-electron chi connectivity index (χ0n) is 12.1. The molecule has 0 spiro atoms. The molecule has 0 aromatic heterocycles. The maximum absolute atomic E-state index is 12.2. The smallest absolute Gasteiger partial charge is 0.315 e. The highest BCUT2D eigenvalue weighted by atomic mass is 35.5. The van der Waals surface area contributed by atoms with Crippen LogP contribution in [0.2, 0.25) is 5.02 Å². The first-order chi connectivity index (χ1) is 11.2. The standard InChI is InChI=1S/C19H12ClNO2/c20-17-10-13(12-21)8-9-18(17)23-19(22)11-15-6-3-5-14-4-1-2-7-16(14)15/h1-10H,11H2. The van der Waals surface area contributed by atoms with Gasteiger partial charge in [0.25, 0.3) is 0 Å². The highest BCUT2D eigenvalue weighted by Crippen LogP contribution is 2.26. The normalized spacial score (nSPS) is 10.3. The molecule has 0 fully saturated rings. The van der Waals surface area contributed by atoms with E-state index >= 15 is 0 Å². The number of carbonyl (C=O) groups is 1. The van der Waals surface area contributed by atoms with Gasteiger partial charge in [-0.25, -0.2) is 0 Å². The minimum Gasteiger partial charge on any atom is -0.425 e. The molecule has 0 aliphatic rings. The maximum Gasteiger partial charge on any atom is 0.315 e. The van der Waals surface area contributed by atoms with Crippen LogP contribution in [-0.4, -0.2) is 5.97 Å². The Morgan fingerprint density at radius 1 is 1.09 bits per heavy atom. The van der Waals surface area contributed by atoms with Gasteiger partial charge in [-0.2, -0.15) is 5.26 Å². The Labute approximate surface area is 138 Å². The molecule has 0 saturated carbocycles. The number of ether oxygens (including phenoxy) is 1. The molecule has 0 atom stereocenters. The fourth-order valence-corrected chi connectivity index (χ4v) is 2.63. The number of halogens is 1. The van der Waals surface area contributed by atoms with Gasteiger partial charge < -0.3 is 4.74 Å². The molecule has 3 aromatic carbocycles. The molecule has 112 valence electrons. The van der Waals surface area contributed by atoms with Crippen molar-refractivity contribution in [2.45, 2.75) is 6.42 Å². The van der Waals surface area contributed by atoms with Gasteiger partial charge in [0.05, 0.1) is 23.1 Å². The first kappa shape index (κ1) is 15.1. The molecule has 0 unspecified atom stereocenters. The molecule has 0 N–H and O–H groups in total. The van der Waals surface area contributed by atoms with Gasteiger partial charge in [0.2, 0.25) is 0 Å². The van der Waals surface area contributed by atoms with E-state index in [1.54, 1.807) is 6.07 Å². The molecule has 23 heavy (non-hydrogen) atoms. The molecule has 0 aliphatic heterocycles. The van der Waals surface area contributed by atoms with Gasteiger partial charge in [0.15, 0.2) is 0 Å². The van der Waals surface area contributed by atoms with E-state index in [9.17, 15) is 4.79 Å². The number of fused-ring (bicyclic) bond motifs is 1.